The maximum atomic E-state index is 13.2. The molecule has 3 heterocycles. The Labute approximate surface area is 180 Å². The number of benzene rings is 2. The molecule has 0 atom stereocenters. The summed E-state index contributed by atoms with van der Waals surface area (Å²) >= 11 is 0. The molecular weight excluding hydrogens is 386 g/mol. The number of amides is 1. The van der Waals surface area contributed by atoms with Crippen molar-refractivity contribution in [1.82, 2.24) is 18.9 Å². The van der Waals surface area contributed by atoms with Crippen LogP contribution in [0.3, 0.4) is 0 Å². The maximum Gasteiger partial charge on any atom is 0.245 e. The van der Waals surface area contributed by atoms with Crippen molar-refractivity contribution in [2.45, 2.75) is 26.8 Å². The quantitative estimate of drug-likeness (QED) is 0.451. The zero-order valence-corrected chi connectivity index (χ0v) is 17.5. The van der Waals surface area contributed by atoms with E-state index in [0.717, 1.165) is 45.7 Å². The molecule has 0 aliphatic rings. The fourth-order valence-corrected chi connectivity index (χ4v) is 4.01. The predicted octanol–water partition coefficient (Wildman–Crippen LogP) is 4.86. The van der Waals surface area contributed by atoms with Gasteiger partial charge < -0.3 is 9.88 Å². The third-order valence-electron chi connectivity index (χ3n) is 5.50. The Morgan fingerprint density at radius 1 is 0.968 bits per heavy atom. The summed E-state index contributed by atoms with van der Waals surface area (Å²) < 4.78 is 3.93. The average Bonchev–Trinajstić information content (AvgIpc) is 3.34. The maximum absolute atomic E-state index is 13.2. The molecule has 6 nitrogen and oxygen atoms in total. The molecule has 0 radical (unpaired) electrons. The van der Waals surface area contributed by atoms with Gasteiger partial charge in [0.05, 0.1) is 11.0 Å². The lowest BCUT2D eigenvalue weighted by Crippen LogP contribution is -2.21. The molecule has 1 N–H and O–H groups in total. The molecule has 1 amide bonds. The zero-order chi connectivity index (χ0) is 21.4. The molecule has 0 saturated carbocycles. The van der Waals surface area contributed by atoms with E-state index >= 15 is 0 Å². The number of rotatable bonds is 5. The molecule has 154 valence electrons. The molecule has 3 aromatic heterocycles. The van der Waals surface area contributed by atoms with Crippen LogP contribution in [-0.2, 0) is 17.8 Å². The molecular formula is C25H23N5O. The summed E-state index contributed by atoms with van der Waals surface area (Å²) in [5.74, 6) is 1.46. The van der Waals surface area contributed by atoms with Crippen LogP contribution in [0.2, 0.25) is 0 Å². The van der Waals surface area contributed by atoms with Crippen LogP contribution >= 0.6 is 0 Å². The molecule has 2 aromatic carbocycles. The number of hydrogen-bond donors (Lipinski definition) is 1. The third-order valence-corrected chi connectivity index (χ3v) is 5.50. The SMILES string of the molecule is CCc1nc2ccccc2n1CC(=O)Nc1c(-c2ccccc2)nc2c(C)cccn12. The first kappa shape index (κ1) is 19.1. The summed E-state index contributed by atoms with van der Waals surface area (Å²) in [6, 6.07) is 21.8. The van der Waals surface area contributed by atoms with Crippen LogP contribution in [0.4, 0.5) is 5.82 Å². The summed E-state index contributed by atoms with van der Waals surface area (Å²) in [7, 11) is 0. The van der Waals surface area contributed by atoms with Crippen LogP contribution in [0.5, 0.6) is 0 Å². The van der Waals surface area contributed by atoms with E-state index in [1.807, 2.05) is 88.8 Å². The minimum absolute atomic E-state index is 0.113. The molecule has 0 aliphatic heterocycles. The van der Waals surface area contributed by atoms with Gasteiger partial charge in [-0.25, -0.2) is 9.97 Å². The highest BCUT2D eigenvalue weighted by molar-refractivity contribution is 5.95. The lowest BCUT2D eigenvalue weighted by atomic mass is 10.1. The molecule has 0 fully saturated rings. The van der Waals surface area contributed by atoms with Gasteiger partial charge in [0.15, 0.2) is 0 Å². The second-order valence-electron chi connectivity index (χ2n) is 7.56. The second kappa shape index (κ2) is 7.72. The number of para-hydroxylation sites is 2. The van der Waals surface area contributed by atoms with Gasteiger partial charge in [0, 0.05) is 18.2 Å². The van der Waals surface area contributed by atoms with Crippen molar-refractivity contribution in [3.05, 3.63) is 84.3 Å². The van der Waals surface area contributed by atoms with Gasteiger partial charge in [0.25, 0.3) is 0 Å². The molecule has 5 aromatic rings. The number of imidazole rings is 2. The molecule has 0 saturated heterocycles. The lowest BCUT2D eigenvalue weighted by Gasteiger charge is -2.11. The van der Waals surface area contributed by atoms with E-state index in [9.17, 15) is 4.79 Å². The van der Waals surface area contributed by atoms with Crippen LogP contribution < -0.4 is 5.32 Å². The number of nitrogens with one attached hydrogen (secondary N) is 1. The molecule has 0 aliphatic carbocycles. The van der Waals surface area contributed by atoms with E-state index < -0.39 is 0 Å². The number of aryl methyl sites for hydroxylation is 2. The number of anilines is 1. The fourth-order valence-electron chi connectivity index (χ4n) is 4.01. The number of carbonyl (C=O) groups is 1. The van der Waals surface area contributed by atoms with Gasteiger partial charge in [-0.1, -0.05) is 55.5 Å². The van der Waals surface area contributed by atoms with Gasteiger partial charge >= 0.3 is 0 Å². The first-order chi connectivity index (χ1) is 15.2. The summed E-state index contributed by atoms with van der Waals surface area (Å²) in [5.41, 5.74) is 5.47. The topological polar surface area (TPSA) is 64.2 Å². The van der Waals surface area contributed by atoms with Crippen LogP contribution in [-0.4, -0.2) is 24.8 Å². The molecule has 0 bridgehead atoms. The van der Waals surface area contributed by atoms with Crippen LogP contribution in [0, 0.1) is 6.92 Å². The second-order valence-corrected chi connectivity index (χ2v) is 7.56. The minimum Gasteiger partial charge on any atom is -0.318 e. The van der Waals surface area contributed by atoms with E-state index in [-0.39, 0.29) is 12.5 Å². The van der Waals surface area contributed by atoms with Crippen molar-refractivity contribution in [2.75, 3.05) is 5.32 Å². The number of fused-ring (bicyclic) bond motifs is 2. The predicted molar refractivity (Wildman–Crippen MR) is 123 cm³/mol. The van der Waals surface area contributed by atoms with E-state index in [2.05, 4.69) is 17.2 Å². The van der Waals surface area contributed by atoms with E-state index in [1.165, 1.54) is 0 Å². The minimum atomic E-state index is -0.113. The summed E-state index contributed by atoms with van der Waals surface area (Å²) in [5, 5.41) is 3.13. The number of nitrogens with zero attached hydrogens (tertiary/aromatic N) is 4. The van der Waals surface area contributed by atoms with Crippen molar-refractivity contribution < 1.29 is 4.79 Å². The molecule has 6 heteroatoms. The average molecular weight is 409 g/mol. The van der Waals surface area contributed by atoms with Crippen molar-refractivity contribution >= 4 is 28.4 Å². The fraction of sp³-hybridized carbons (Fsp3) is 0.160. The number of pyridine rings is 1. The van der Waals surface area contributed by atoms with Gasteiger partial charge in [-0.3, -0.25) is 9.20 Å². The van der Waals surface area contributed by atoms with Crippen molar-refractivity contribution in [2.24, 2.45) is 0 Å². The highest BCUT2D eigenvalue weighted by atomic mass is 16.2. The molecule has 0 unspecified atom stereocenters. The third kappa shape index (κ3) is 3.36. The van der Waals surface area contributed by atoms with E-state index in [4.69, 9.17) is 4.98 Å². The van der Waals surface area contributed by atoms with Crippen molar-refractivity contribution in [3.63, 3.8) is 0 Å². The Morgan fingerprint density at radius 3 is 2.55 bits per heavy atom. The zero-order valence-electron chi connectivity index (χ0n) is 17.5. The smallest absolute Gasteiger partial charge is 0.245 e. The Morgan fingerprint density at radius 2 is 1.74 bits per heavy atom. The molecule has 5 rings (SSSR count). The Balaban J connectivity index is 1.55. The van der Waals surface area contributed by atoms with Gasteiger partial charge in [0.2, 0.25) is 5.91 Å². The highest BCUT2D eigenvalue weighted by Gasteiger charge is 2.19. The van der Waals surface area contributed by atoms with E-state index in [1.54, 1.807) is 0 Å². The van der Waals surface area contributed by atoms with Crippen LogP contribution in [0.1, 0.15) is 18.3 Å². The van der Waals surface area contributed by atoms with E-state index in [0.29, 0.717) is 5.82 Å². The normalized spacial score (nSPS) is 11.3. The Bertz CT molecular complexity index is 1400. The number of aromatic nitrogens is 4. The number of hydrogen-bond acceptors (Lipinski definition) is 3. The standard InChI is InChI=1S/C25H23N5O/c1-3-21-26-19-13-7-8-14-20(19)30(21)16-22(31)27-25-23(18-11-5-4-6-12-18)28-24-17(2)10-9-15-29(24)25/h4-15H,3,16H2,1-2H3,(H,27,31). The monoisotopic (exact) mass is 409 g/mol. The summed E-state index contributed by atoms with van der Waals surface area (Å²) in [4.78, 5) is 22.7. The van der Waals surface area contributed by atoms with Crippen LogP contribution in [0.25, 0.3) is 27.9 Å². The van der Waals surface area contributed by atoms with Crippen molar-refractivity contribution in [1.29, 1.82) is 0 Å². The Kier molecular flexibility index (Phi) is 4.75. The summed E-state index contributed by atoms with van der Waals surface area (Å²) in [6.45, 7) is 4.27. The van der Waals surface area contributed by atoms with Crippen molar-refractivity contribution in [3.8, 4) is 11.3 Å². The summed E-state index contributed by atoms with van der Waals surface area (Å²) in [6.07, 6.45) is 2.69. The van der Waals surface area contributed by atoms with Gasteiger partial charge in [-0.15, -0.1) is 0 Å². The number of carbonyl (C=O) groups excluding carboxylic acids is 1. The first-order valence-corrected chi connectivity index (χ1v) is 10.4. The Hall–Kier alpha value is -3.93. The lowest BCUT2D eigenvalue weighted by molar-refractivity contribution is -0.116. The van der Waals surface area contributed by atoms with Gasteiger partial charge in [-0.2, -0.15) is 0 Å². The largest absolute Gasteiger partial charge is 0.318 e. The van der Waals surface area contributed by atoms with Gasteiger partial charge in [-0.05, 0) is 30.7 Å². The highest BCUT2D eigenvalue weighted by Crippen LogP contribution is 2.30. The first-order valence-electron chi connectivity index (χ1n) is 10.4. The molecule has 0 spiro atoms. The van der Waals surface area contributed by atoms with Gasteiger partial charge in [0.1, 0.15) is 29.5 Å². The molecule has 31 heavy (non-hydrogen) atoms. The van der Waals surface area contributed by atoms with Crippen LogP contribution in [0.15, 0.2) is 72.9 Å².